The lowest BCUT2D eigenvalue weighted by Gasteiger charge is -2.36. The summed E-state index contributed by atoms with van der Waals surface area (Å²) in [6, 6.07) is 5.79. The van der Waals surface area contributed by atoms with Crippen LogP contribution in [0.2, 0.25) is 0 Å². The average Bonchev–Trinajstić information content (AvgIpc) is 3.20. The molecule has 32 heavy (non-hydrogen) atoms. The van der Waals surface area contributed by atoms with Crippen LogP contribution < -0.4 is 14.9 Å². The first kappa shape index (κ1) is 22.5. The Bertz CT molecular complexity index is 1150. The second-order valence-electron chi connectivity index (χ2n) is 9.07. The maximum atomic E-state index is 5.43. The SMILES string of the molecule is CCC(C)(C)[C@H]1CCc2sc3ncnc(N/N=C(\C)c4ccc(OC)c(OC)c4)c3c2C1. The van der Waals surface area contributed by atoms with E-state index < -0.39 is 0 Å². The summed E-state index contributed by atoms with van der Waals surface area (Å²) in [5, 5.41) is 5.78. The molecule has 1 aliphatic carbocycles. The lowest BCUT2D eigenvalue weighted by Crippen LogP contribution is -2.28. The summed E-state index contributed by atoms with van der Waals surface area (Å²) in [5.41, 5.74) is 6.76. The molecule has 0 aliphatic heterocycles. The van der Waals surface area contributed by atoms with E-state index in [4.69, 9.17) is 9.47 Å². The van der Waals surface area contributed by atoms with Crippen molar-refractivity contribution < 1.29 is 9.47 Å². The summed E-state index contributed by atoms with van der Waals surface area (Å²) in [4.78, 5) is 11.6. The Kier molecular flexibility index (Phi) is 6.38. The fourth-order valence-corrected chi connectivity index (χ4v) is 5.59. The molecule has 0 unspecified atom stereocenters. The number of hydrogen-bond acceptors (Lipinski definition) is 7. The van der Waals surface area contributed by atoms with Crippen LogP contribution in [0.4, 0.5) is 5.82 Å². The van der Waals surface area contributed by atoms with Gasteiger partial charge in [0.05, 0.1) is 25.3 Å². The van der Waals surface area contributed by atoms with E-state index in [1.54, 1.807) is 31.9 Å². The van der Waals surface area contributed by atoms with E-state index in [9.17, 15) is 0 Å². The molecule has 0 saturated heterocycles. The van der Waals surface area contributed by atoms with Crippen LogP contribution in [0.3, 0.4) is 0 Å². The Morgan fingerprint density at radius 3 is 2.72 bits per heavy atom. The van der Waals surface area contributed by atoms with Gasteiger partial charge in [0.15, 0.2) is 17.3 Å². The number of fused-ring (bicyclic) bond motifs is 3. The predicted octanol–water partition coefficient (Wildman–Crippen LogP) is 6.09. The Morgan fingerprint density at radius 1 is 1.22 bits per heavy atom. The Balaban J connectivity index is 1.65. The van der Waals surface area contributed by atoms with Crippen molar-refractivity contribution in [2.75, 3.05) is 19.6 Å². The molecule has 0 spiro atoms. The van der Waals surface area contributed by atoms with E-state index >= 15 is 0 Å². The Hall–Kier alpha value is -2.67. The molecule has 1 atom stereocenters. The van der Waals surface area contributed by atoms with E-state index in [1.165, 1.54) is 23.3 Å². The van der Waals surface area contributed by atoms with Gasteiger partial charge in [0, 0.05) is 10.4 Å². The summed E-state index contributed by atoms with van der Waals surface area (Å²) in [6.45, 7) is 9.05. The number of methoxy groups -OCH3 is 2. The minimum atomic E-state index is 0.331. The maximum Gasteiger partial charge on any atom is 0.161 e. The molecule has 2 heterocycles. The van der Waals surface area contributed by atoms with Gasteiger partial charge in [0.25, 0.3) is 0 Å². The molecule has 0 saturated carbocycles. The highest BCUT2D eigenvalue weighted by molar-refractivity contribution is 7.19. The van der Waals surface area contributed by atoms with E-state index in [0.717, 1.165) is 40.2 Å². The first-order chi connectivity index (χ1) is 15.4. The van der Waals surface area contributed by atoms with E-state index in [2.05, 4.69) is 41.3 Å². The van der Waals surface area contributed by atoms with Crippen LogP contribution in [0.5, 0.6) is 11.5 Å². The molecular weight excluding hydrogens is 420 g/mol. The molecule has 4 rings (SSSR count). The lowest BCUT2D eigenvalue weighted by molar-refractivity contribution is 0.184. The molecule has 1 aliphatic rings. The number of rotatable bonds is 7. The number of nitrogens with one attached hydrogen (secondary N) is 1. The third kappa shape index (κ3) is 4.18. The third-order valence-corrected chi connectivity index (χ3v) is 8.19. The second kappa shape index (κ2) is 9.06. The minimum absolute atomic E-state index is 0.331. The number of nitrogens with zero attached hydrogens (tertiary/aromatic N) is 3. The molecule has 0 bridgehead atoms. The molecule has 7 heteroatoms. The van der Waals surface area contributed by atoms with Crippen LogP contribution in [0, 0.1) is 11.3 Å². The topological polar surface area (TPSA) is 68.6 Å². The number of hydrazone groups is 1. The van der Waals surface area contributed by atoms with Crippen molar-refractivity contribution in [3.63, 3.8) is 0 Å². The zero-order valence-corrected chi connectivity index (χ0v) is 20.6. The molecule has 0 amide bonds. The first-order valence-corrected chi connectivity index (χ1v) is 12.0. The van der Waals surface area contributed by atoms with Crippen LogP contribution in [0.25, 0.3) is 10.2 Å². The van der Waals surface area contributed by atoms with Gasteiger partial charge >= 0.3 is 0 Å². The molecule has 1 aromatic carbocycles. The molecule has 3 aromatic rings. The zero-order chi connectivity index (χ0) is 22.9. The number of anilines is 1. The molecule has 1 N–H and O–H groups in total. The number of aromatic nitrogens is 2. The second-order valence-corrected chi connectivity index (χ2v) is 10.2. The fourth-order valence-electron chi connectivity index (χ4n) is 4.41. The van der Waals surface area contributed by atoms with Gasteiger partial charge in [-0.05, 0) is 61.3 Å². The van der Waals surface area contributed by atoms with Crippen molar-refractivity contribution in [2.24, 2.45) is 16.4 Å². The van der Waals surface area contributed by atoms with Crippen LogP contribution in [-0.4, -0.2) is 29.9 Å². The maximum absolute atomic E-state index is 5.43. The van der Waals surface area contributed by atoms with Crippen LogP contribution in [0.1, 0.15) is 56.5 Å². The standard InChI is InChI=1S/C25H32N4O2S/c1-7-25(3,4)17-9-11-21-18(13-17)22-23(26-14-27-24(22)32-21)29-28-15(2)16-8-10-19(30-5)20(12-16)31-6/h8,10,12,14,17H,7,9,11,13H2,1-6H3,(H,26,27,29)/b28-15+/t17-/m0/s1. The molecule has 0 fully saturated rings. The van der Waals surface area contributed by atoms with Crippen molar-refractivity contribution in [1.29, 1.82) is 0 Å². The van der Waals surface area contributed by atoms with Gasteiger partial charge in [-0.2, -0.15) is 5.10 Å². The lowest BCUT2D eigenvalue weighted by atomic mass is 9.69. The monoisotopic (exact) mass is 452 g/mol. The summed E-state index contributed by atoms with van der Waals surface area (Å²) in [5.74, 6) is 2.83. The predicted molar refractivity (Wildman–Crippen MR) is 132 cm³/mol. The molecule has 2 aromatic heterocycles. The number of thiophene rings is 1. The van der Waals surface area contributed by atoms with Crippen molar-refractivity contribution in [2.45, 2.75) is 53.4 Å². The normalized spacial score (nSPS) is 16.7. The highest BCUT2D eigenvalue weighted by Gasteiger charge is 2.33. The smallest absolute Gasteiger partial charge is 0.161 e. The summed E-state index contributed by atoms with van der Waals surface area (Å²) >= 11 is 1.80. The number of hydrogen-bond donors (Lipinski definition) is 1. The quantitative estimate of drug-likeness (QED) is 0.347. The largest absolute Gasteiger partial charge is 0.493 e. The van der Waals surface area contributed by atoms with Crippen molar-refractivity contribution in [3.05, 3.63) is 40.5 Å². The summed E-state index contributed by atoms with van der Waals surface area (Å²) < 4.78 is 10.8. The Labute approximate surface area is 194 Å². The van der Waals surface area contributed by atoms with Crippen molar-refractivity contribution in [3.8, 4) is 11.5 Å². The molecule has 6 nitrogen and oxygen atoms in total. The highest BCUT2D eigenvalue weighted by atomic mass is 32.1. The summed E-state index contributed by atoms with van der Waals surface area (Å²) in [6.07, 6.45) is 6.26. The van der Waals surface area contributed by atoms with Gasteiger partial charge in [-0.3, -0.25) is 5.43 Å². The molecular formula is C25H32N4O2S. The van der Waals surface area contributed by atoms with Gasteiger partial charge in [-0.15, -0.1) is 11.3 Å². The molecule has 0 radical (unpaired) electrons. The third-order valence-electron chi connectivity index (χ3n) is 6.99. The first-order valence-electron chi connectivity index (χ1n) is 11.2. The minimum Gasteiger partial charge on any atom is -0.493 e. The van der Waals surface area contributed by atoms with Crippen LogP contribution in [0.15, 0.2) is 29.6 Å². The fraction of sp³-hybridized carbons (Fsp3) is 0.480. The van der Waals surface area contributed by atoms with Crippen LogP contribution >= 0.6 is 11.3 Å². The molecule has 170 valence electrons. The van der Waals surface area contributed by atoms with Gasteiger partial charge in [-0.25, -0.2) is 9.97 Å². The van der Waals surface area contributed by atoms with E-state index in [-0.39, 0.29) is 0 Å². The van der Waals surface area contributed by atoms with Crippen molar-refractivity contribution >= 4 is 33.1 Å². The van der Waals surface area contributed by atoms with Crippen LogP contribution in [-0.2, 0) is 12.8 Å². The Morgan fingerprint density at radius 2 is 2.00 bits per heavy atom. The number of benzene rings is 1. The van der Waals surface area contributed by atoms with Gasteiger partial charge in [0.2, 0.25) is 0 Å². The summed E-state index contributed by atoms with van der Waals surface area (Å²) in [7, 11) is 3.27. The van der Waals surface area contributed by atoms with Crippen molar-refractivity contribution in [1.82, 2.24) is 9.97 Å². The van der Waals surface area contributed by atoms with E-state index in [0.29, 0.717) is 22.8 Å². The zero-order valence-electron chi connectivity index (χ0n) is 19.8. The van der Waals surface area contributed by atoms with Gasteiger partial charge in [-0.1, -0.05) is 27.2 Å². The highest BCUT2D eigenvalue weighted by Crippen LogP contribution is 2.45. The van der Waals surface area contributed by atoms with E-state index in [1.807, 2.05) is 25.1 Å². The number of ether oxygens (including phenoxy) is 2. The average molecular weight is 453 g/mol. The van der Waals surface area contributed by atoms with Gasteiger partial charge < -0.3 is 9.47 Å². The van der Waals surface area contributed by atoms with Gasteiger partial charge in [0.1, 0.15) is 11.2 Å². The number of aryl methyl sites for hydroxylation is 1.